The third-order valence-corrected chi connectivity index (χ3v) is 4.66. The molecule has 0 fully saturated rings. The van der Waals surface area contributed by atoms with E-state index in [1.54, 1.807) is 6.07 Å². The maximum absolute atomic E-state index is 13.4. The first-order valence-electron chi connectivity index (χ1n) is 5.20. The van der Waals surface area contributed by atoms with E-state index >= 15 is 0 Å². The molecule has 18 heavy (non-hydrogen) atoms. The average Bonchev–Trinajstić information content (AvgIpc) is 2.33. The van der Waals surface area contributed by atoms with Crippen molar-refractivity contribution in [3.05, 3.63) is 61.2 Å². The van der Waals surface area contributed by atoms with Crippen LogP contribution in [0.4, 0.5) is 10.1 Å². The van der Waals surface area contributed by atoms with E-state index in [0.717, 1.165) is 20.2 Å². The standard InChI is InChI=1S/C13H9Br3FN/c14-9-4-2-5-10(15)13(9)18-7-8-3-1-6-11(17)12(8)16/h1-6,18H,7H2. The van der Waals surface area contributed by atoms with Crippen LogP contribution >= 0.6 is 47.8 Å². The highest BCUT2D eigenvalue weighted by molar-refractivity contribution is 9.11. The summed E-state index contributed by atoms with van der Waals surface area (Å²) in [4.78, 5) is 0. The normalized spacial score (nSPS) is 10.4. The third-order valence-electron chi connectivity index (χ3n) is 2.45. The summed E-state index contributed by atoms with van der Waals surface area (Å²) in [5.74, 6) is -0.250. The Morgan fingerprint density at radius 2 is 1.56 bits per heavy atom. The molecule has 0 aliphatic carbocycles. The summed E-state index contributed by atoms with van der Waals surface area (Å²) >= 11 is 10.2. The van der Waals surface area contributed by atoms with E-state index in [9.17, 15) is 4.39 Å². The quantitative estimate of drug-likeness (QED) is 0.647. The fourth-order valence-electron chi connectivity index (χ4n) is 1.54. The topological polar surface area (TPSA) is 12.0 Å². The minimum Gasteiger partial charge on any atom is -0.379 e. The number of rotatable bonds is 3. The zero-order chi connectivity index (χ0) is 13.1. The van der Waals surface area contributed by atoms with Gasteiger partial charge < -0.3 is 5.32 Å². The van der Waals surface area contributed by atoms with Crippen molar-refractivity contribution in [1.82, 2.24) is 0 Å². The molecule has 0 aliphatic rings. The molecule has 1 N–H and O–H groups in total. The van der Waals surface area contributed by atoms with Crippen LogP contribution in [0.3, 0.4) is 0 Å². The maximum Gasteiger partial charge on any atom is 0.137 e. The average molecular weight is 438 g/mol. The van der Waals surface area contributed by atoms with Gasteiger partial charge in [0.05, 0.1) is 10.2 Å². The Labute approximate surface area is 130 Å². The Morgan fingerprint density at radius 1 is 0.944 bits per heavy atom. The predicted molar refractivity (Wildman–Crippen MR) is 83.3 cm³/mol. The van der Waals surface area contributed by atoms with Crippen molar-refractivity contribution in [2.24, 2.45) is 0 Å². The lowest BCUT2D eigenvalue weighted by molar-refractivity contribution is 0.618. The fraction of sp³-hybridized carbons (Fsp3) is 0.0769. The summed E-state index contributed by atoms with van der Waals surface area (Å²) in [5.41, 5.74) is 1.83. The van der Waals surface area contributed by atoms with E-state index in [2.05, 4.69) is 53.1 Å². The van der Waals surface area contributed by atoms with Crippen LogP contribution in [-0.2, 0) is 6.54 Å². The van der Waals surface area contributed by atoms with Gasteiger partial charge in [-0.2, -0.15) is 0 Å². The number of halogens is 4. The van der Waals surface area contributed by atoms with Gasteiger partial charge in [-0.05, 0) is 71.6 Å². The van der Waals surface area contributed by atoms with Gasteiger partial charge in [0.15, 0.2) is 0 Å². The van der Waals surface area contributed by atoms with E-state index in [4.69, 9.17) is 0 Å². The summed E-state index contributed by atoms with van der Waals surface area (Å²) in [6.45, 7) is 0.541. The van der Waals surface area contributed by atoms with E-state index in [1.807, 2.05) is 24.3 Å². The second kappa shape index (κ2) is 6.17. The number of hydrogen-bond donors (Lipinski definition) is 1. The lowest BCUT2D eigenvalue weighted by Gasteiger charge is -2.12. The highest BCUT2D eigenvalue weighted by Gasteiger charge is 2.07. The van der Waals surface area contributed by atoms with Crippen molar-refractivity contribution in [3.63, 3.8) is 0 Å². The van der Waals surface area contributed by atoms with Crippen LogP contribution in [0.25, 0.3) is 0 Å². The summed E-state index contributed by atoms with van der Waals surface area (Å²) in [7, 11) is 0. The molecule has 0 aromatic heterocycles. The Bertz CT molecular complexity index is 552. The van der Waals surface area contributed by atoms with E-state index < -0.39 is 0 Å². The van der Waals surface area contributed by atoms with Gasteiger partial charge in [-0.25, -0.2) is 4.39 Å². The lowest BCUT2D eigenvalue weighted by atomic mass is 10.2. The molecule has 0 amide bonds. The number of nitrogens with one attached hydrogen (secondary N) is 1. The summed E-state index contributed by atoms with van der Waals surface area (Å²) < 4.78 is 15.8. The van der Waals surface area contributed by atoms with Crippen LogP contribution in [0.15, 0.2) is 49.8 Å². The summed E-state index contributed by atoms with van der Waals surface area (Å²) in [6.07, 6.45) is 0. The van der Waals surface area contributed by atoms with Crippen LogP contribution in [-0.4, -0.2) is 0 Å². The Morgan fingerprint density at radius 3 is 2.22 bits per heavy atom. The lowest BCUT2D eigenvalue weighted by Crippen LogP contribution is -2.02. The monoisotopic (exact) mass is 435 g/mol. The van der Waals surface area contributed by atoms with Crippen LogP contribution in [0, 0.1) is 5.82 Å². The molecular formula is C13H9Br3FN. The van der Waals surface area contributed by atoms with E-state index in [0.29, 0.717) is 11.0 Å². The van der Waals surface area contributed by atoms with E-state index in [1.165, 1.54) is 6.07 Å². The van der Waals surface area contributed by atoms with Gasteiger partial charge >= 0.3 is 0 Å². The molecule has 0 unspecified atom stereocenters. The molecule has 0 atom stereocenters. The second-order valence-electron chi connectivity index (χ2n) is 3.66. The molecule has 1 nitrogen and oxygen atoms in total. The molecule has 2 aromatic carbocycles. The smallest absolute Gasteiger partial charge is 0.137 e. The maximum atomic E-state index is 13.4. The molecule has 94 valence electrons. The van der Waals surface area contributed by atoms with Crippen molar-refractivity contribution < 1.29 is 4.39 Å². The van der Waals surface area contributed by atoms with Crippen molar-refractivity contribution >= 4 is 53.5 Å². The molecule has 2 rings (SSSR count). The second-order valence-corrected chi connectivity index (χ2v) is 6.16. The first-order valence-corrected chi connectivity index (χ1v) is 7.58. The molecule has 0 saturated heterocycles. The first kappa shape index (κ1) is 14.0. The number of para-hydroxylation sites is 1. The minimum absolute atomic E-state index is 0.250. The van der Waals surface area contributed by atoms with Crippen LogP contribution in [0.1, 0.15) is 5.56 Å². The summed E-state index contributed by atoms with van der Waals surface area (Å²) in [5, 5.41) is 3.28. The molecule has 0 bridgehead atoms. The minimum atomic E-state index is -0.250. The largest absolute Gasteiger partial charge is 0.379 e. The molecule has 0 saturated carbocycles. The van der Waals surface area contributed by atoms with Gasteiger partial charge in [-0.15, -0.1) is 0 Å². The van der Waals surface area contributed by atoms with Gasteiger partial charge in [0.1, 0.15) is 5.82 Å². The number of anilines is 1. The van der Waals surface area contributed by atoms with Crippen LogP contribution in [0.2, 0.25) is 0 Å². The fourth-order valence-corrected chi connectivity index (χ4v) is 3.22. The van der Waals surface area contributed by atoms with Gasteiger partial charge in [0, 0.05) is 15.5 Å². The Balaban J connectivity index is 2.19. The Hall–Kier alpha value is -0.390. The number of benzene rings is 2. The molecule has 0 aliphatic heterocycles. The predicted octanol–water partition coefficient (Wildman–Crippen LogP) is 5.73. The zero-order valence-corrected chi connectivity index (χ0v) is 13.9. The highest BCUT2D eigenvalue weighted by Crippen LogP contribution is 2.31. The van der Waals surface area contributed by atoms with Crippen molar-refractivity contribution in [2.45, 2.75) is 6.54 Å². The number of hydrogen-bond acceptors (Lipinski definition) is 1. The van der Waals surface area contributed by atoms with Gasteiger partial charge in [0.25, 0.3) is 0 Å². The highest BCUT2D eigenvalue weighted by atomic mass is 79.9. The van der Waals surface area contributed by atoms with Crippen LogP contribution in [0.5, 0.6) is 0 Å². The van der Waals surface area contributed by atoms with Gasteiger partial charge in [0.2, 0.25) is 0 Å². The molecule has 0 spiro atoms. The summed E-state index contributed by atoms with van der Waals surface area (Å²) in [6, 6.07) is 10.9. The van der Waals surface area contributed by atoms with Crippen molar-refractivity contribution in [1.29, 1.82) is 0 Å². The van der Waals surface area contributed by atoms with Crippen molar-refractivity contribution in [3.8, 4) is 0 Å². The first-order chi connectivity index (χ1) is 8.59. The van der Waals surface area contributed by atoms with Crippen molar-refractivity contribution in [2.75, 3.05) is 5.32 Å². The molecule has 0 radical (unpaired) electrons. The molecule has 2 aromatic rings. The molecule has 0 heterocycles. The molecule has 5 heteroatoms. The van der Waals surface area contributed by atoms with E-state index in [-0.39, 0.29) is 5.82 Å². The Kier molecular flexibility index (Phi) is 4.81. The zero-order valence-electron chi connectivity index (χ0n) is 9.18. The third kappa shape index (κ3) is 3.13. The molecular weight excluding hydrogens is 429 g/mol. The van der Waals surface area contributed by atoms with Gasteiger partial charge in [-0.3, -0.25) is 0 Å². The van der Waals surface area contributed by atoms with Gasteiger partial charge in [-0.1, -0.05) is 18.2 Å². The SMILES string of the molecule is Fc1cccc(CNc2c(Br)cccc2Br)c1Br. The van der Waals surface area contributed by atoms with Crippen LogP contribution < -0.4 is 5.32 Å².